The summed E-state index contributed by atoms with van der Waals surface area (Å²) in [6.07, 6.45) is 0. The first-order valence-electron chi connectivity index (χ1n) is 11.1. The van der Waals surface area contributed by atoms with E-state index in [0.29, 0.717) is 11.1 Å². The SMILES string of the molecule is Cn1c2c(c3cc4oc(=O)cc(-c5ccccc5)c4cc31)C([Si](C)(C)C)c1ccccc1-2. The van der Waals surface area contributed by atoms with Crippen LogP contribution in [0.2, 0.25) is 19.6 Å². The summed E-state index contributed by atoms with van der Waals surface area (Å²) < 4.78 is 8.08. The van der Waals surface area contributed by atoms with Gasteiger partial charge in [0.25, 0.3) is 0 Å². The minimum atomic E-state index is -1.58. The first-order valence-corrected chi connectivity index (χ1v) is 14.7. The summed E-state index contributed by atoms with van der Waals surface area (Å²) in [5.74, 6) is 0. The second-order valence-electron chi connectivity index (χ2n) is 9.92. The number of aryl methyl sites for hydroxylation is 1. The van der Waals surface area contributed by atoms with Gasteiger partial charge in [0.1, 0.15) is 5.58 Å². The molecule has 3 nitrogen and oxygen atoms in total. The molecule has 0 N–H and O–H groups in total. The van der Waals surface area contributed by atoms with E-state index >= 15 is 0 Å². The van der Waals surface area contributed by atoms with Crippen molar-refractivity contribution in [1.29, 1.82) is 0 Å². The lowest BCUT2D eigenvalue weighted by atomic mass is 10.00. The third kappa shape index (κ3) is 2.62. The molecule has 0 amide bonds. The number of fused-ring (bicyclic) bond motifs is 6. The van der Waals surface area contributed by atoms with Gasteiger partial charge in [-0.05, 0) is 34.4 Å². The molecule has 1 atom stereocenters. The van der Waals surface area contributed by atoms with E-state index in [4.69, 9.17) is 4.42 Å². The molecule has 2 heterocycles. The molecule has 0 radical (unpaired) electrons. The van der Waals surface area contributed by atoms with Crippen LogP contribution in [0.25, 0.3) is 44.3 Å². The second kappa shape index (κ2) is 6.56. The minimum absolute atomic E-state index is 0.312. The molecule has 2 aromatic heterocycles. The third-order valence-electron chi connectivity index (χ3n) is 6.87. The molecular weight excluding hydrogens is 410 g/mol. The first kappa shape index (κ1) is 19.3. The fraction of sp³-hybridized carbons (Fsp3) is 0.179. The van der Waals surface area contributed by atoms with Gasteiger partial charge in [-0.15, -0.1) is 0 Å². The third-order valence-corrected chi connectivity index (χ3v) is 9.20. The number of nitrogens with zero attached hydrogens (tertiary/aromatic N) is 1. The molecule has 6 rings (SSSR count). The maximum absolute atomic E-state index is 12.5. The summed E-state index contributed by atoms with van der Waals surface area (Å²) in [6, 6.07) is 24.8. The lowest BCUT2D eigenvalue weighted by Gasteiger charge is -2.27. The highest BCUT2D eigenvalue weighted by Crippen LogP contribution is 2.53. The Morgan fingerprint density at radius 1 is 0.844 bits per heavy atom. The predicted molar refractivity (Wildman–Crippen MR) is 135 cm³/mol. The molecule has 32 heavy (non-hydrogen) atoms. The van der Waals surface area contributed by atoms with Crippen molar-refractivity contribution < 1.29 is 4.42 Å². The Hall–Kier alpha value is -3.37. The molecule has 3 aromatic carbocycles. The van der Waals surface area contributed by atoms with E-state index in [1.165, 1.54) is 33.3 Å². The van der Waals surface area contributed by atoms with Crippen LogP contribution in [0.1, 0.15) is 16.7 Å². The maximum atomic E-state index is 12.5. The van der Waals surface area contributed by atoms with Crippen molar-refractivity contribution in [3.8, 4) is 22.4 Å². The van der Waals surface area contributed by atoms with Gasteiger partial charge < -0.3 is 8.98 Å². The van der Waals surface area contributed by atoms with E-state index in [1.54, 1.807) is 6.07 Å². The molecule has 1 unspecified atom stereocenters. The molecule has 0 fully saturated rings. The lowest BCUT2D eigenvalue weighted by Crippen LogP contribution is -2.30. The van der Waals surface area contributed by atoms with Crippen LogP contribution in [0.5, 0.6) is 0 Å². The molecule has 4 heteroatoms. The molecule has 1 aliphatic rings. The zero-order valence-corrected chi connectivity index (χ0v) is 19.8. The smallest absolute Gasteiger partial charge is 0.336 e. The number of hydrogen-bond donors (Lipinski definition) is 0. The highest BCUT2D eigenvalue weighted by atomic mass is 28.3. The van der Waals surface area contributed by atoms with Gasteiger partial charge in [-0.2, -0.15) is 0 Å². The van der Waals surface area contributed by atoms with Crippen molar-refractivity contribution in [3.63, 3.8) is 0 Å². The van der Waals surface area contributed by atoms with Crippen molar-refractivity contribution in [1.82, 2.24) is 4.57 Å². The molecule has 0 saturated heterocycles. The number of aromatic nitrogens is 1. The Kier molecular flexibility index (Phi) is 3.96. The lowest BCUT2D eigenvalue weighted by molar-refractivity contribution is 0.562. The standard InChI is InChI=1S/C28H25NO2Si/c1-29-23-14-21-20(17-10-6-5-7-11-17)16-25(30)31-24(21)15-22(23)26-27(29)18-12-8-9-13-19(18)28(26)32(2,3)4/h5-16,28H,1-4H3. The summed E-state index contributed by atoms with van der Waals surface area (Å²) in [5, 5.41) is 2.17. The Balaban J connectivity index is 1.74. The highest BCUT2D eigenvalue weighted by molar-refractivity contribution is 6.78. The molecule has 0 spiro atoms. The van der Waals surface area contributed by atoms with E-state index in [2.05, 4.69) is 67.7 Å². The van der Waals surface area contributed by atoms with Crippen molar-refractivity contribution in [3.05, 3.63) is 94.3 Å². The molecule has 158 valence electrons. The monoisotopic (exact) mass is 435 g/mol. The largest absolute Gasteiger partial charge is 0.423 e. The minimum Gasteiger partial charge on any atom is -0.423 e. The molecule has 0 bridgehead atoms. The van der Waals surface area contributed by atoms with E-state index < -0.39 is 8.07 Å². The summed E-state index contributed by atoms with van der Waals surface area (Å²) >= 11 is 0. The van der Waals surface area contributed by atoms with Crippen molar-refractivity contribution in [2.24, 2.45) is 7.05 Å². The van der Waals surface area contributed by atoms with Crippen LogP contribution in [-0.2, 0) is 7.05 Å². The fourth-order valence-electron chi connectivity index (χ4n) is 5.61. The summed E-state index contributed by atoms with van der Waals surface area (Å²) in [4.78, 5) is 12.5. The molecular formula is C28H25NO2Si. The molecule has 0 saturated carbocycles. The number of hydrogen-bond acceptors (Lipinski definition) is 2. The summed E-state index contributed by atoms with van der Waals surface area (Å²) in [7, 11) is 0.586. The fourth-order valence-corrected chi connectivity index (χ4v) is 7.96. The van der Waals surface area contributed by atoms with Gasteiger partial charge in [-0.3, -0.25) is 0 Å². The van der Waals surface area contributed by atoms with Crippen molar-refractivity contribution in [2.75, 3.05) is 0 Å². The molecule has 0 aliphatic heterocycles. The van der Waals surface area contributed by atoms with Gasteiger partial charge in [0.2, 0.25) is 0 Å². The van der Waals surface area contributed by atoms with E-state index in [9.17, 15) is 4.79 Å². The Labute approximate surface area is 187 Å². The van der Waals surface area contributed by atoms with Crippen LogP contribution in [-0.4, -0.2) is 12.6 Å². The van der Waals surface area contributed by atoms with Crippen LogP contribution >= 0.6 is 0 Å². The van der Waals surface area contributed by atoms with Crippen LogP contribution in [0.15, 0.2) is 82.0 Å². The van der Waals surface area contributed by atoms with E-state index in [0.717, 1.165) is 16.5 Å². The second-order valence-corrected chi connectivity index (χ2v) is 15.2. The number of benzene rings is 3. The predicted octanol–water partition coefficient (Wildman–Crippen LogP) is 6.94. The van der Waals surface area contributed by atoms with Crippen molar-refractivity contribution in [2.45, 2.75) is 25.2 Å². The van der Waals surface area contributed by atoms with Crippen LogP contribution in [0, 0.1) is 0 Å². The zero-order chi connectivity index (χ0) is 22.2. The Bertz CT molecular complexity index is 1590. The van der Waals surface area contributed by atoms with Crippen LogP contribution < -0.4 is 5.63 Å². The Morgan fingerprint density at radius 3 is 2.31 bits per heavy atom. The van der Waals surface area contributed by atoms with Gasteiger partial charge in [-0.1, -0.05) is 74.2 Å². The first-order chi connectivity index (χ1) is 15.3. The quantitative estimate of drug-likeness (QED) is 0.222. The van der Waals surface area contributed by atoms with Gasteiger partial charge in [0.05, 0.1) is 13.8 Å². The zero-order valence-electron chi connectivity index (χ0n) is 18.8. The van der Waals surface area contributed by atoms with E-state index in [-0.39, 0.29) is 5.63 Å². The highest BCUT2D eigenvalue weighted by Gasteiger charge is 2.41. The van der Waals surface area contributed by atoms with Crippen LogP contribution in [0.3, 0.4) is 0 Å². The van der Waals surface area contributed by atoms with E-state index in [1.807, 2.05) is 30.3 Å². The van der Waals surface area contributed by atoms with Crippen LogP contribution in [0.4, 0.5) is 0 Å². The van der Waals surface area contributed by atoms with Gasteiger partial charge >= 0.3 is 5.63 Å². The van der Waals surface area contributed by atoms with Gasteiger partial charge in [0.15, 0.2) is 0 Å². The topological polar surface area (TPSA) is 35.1 Å². The Morgan fingerprint density at radius 2 is 1.56 bits per heavy atom. The molecule has 5 aromatic rings. The maximum Gasteiger partial charge on any atom is 0.336 e. The summed E-state index contributed by atoms with van der Waals surface area (Å²) in [5.41, 5.74) is 9.37. The number of rotatable bonds is 2. The van der Waals surface area contributed by atoms with Crippen molar-refractivity contribution >= 4 is 29.9 Å². The van der Waals surface area contributed by atoms with Gasteiger partial charge in [-0.25, -0.2) is 4.79 Å². The van der Waals surface area contributed by atoms with Gasteiger partial charge in [0, 0.05) is 40.5 Å². The average molecular weight is 436 g/mol. The average Bonchev–Trinajstić information content (AvgIpc) is 3.25. The normalized spacial score (nSPS) is 15.3. The molecule has 1 aliphatic carbocycles. The summed E-state index contributed by atoms with van der Waals surface area (Å²) in [6.45, 7) is 7.32.